The van der Waals surface area contributed by atoms with Crippen LogP contribution in [0.25, 0.3) is 0 Å². The predicted molar refractivity (Wildman–Crippen MR) is 71.0 cm³/mol. The lowest BCUT2D eigenvalue weighted by atomic mass is 9.88. The average Bonchev–Trinajstić information content (AvgIpc) is 2.67. The molecule has 0 saturated carbocycles. The summed E-state index contributed by atoms with van der Waals surface area (Å²) in [5.74, 6) is 0.275. The maximum atomic E-state index is 7.50. The highest BCUT2D eigenvalue weighted by Gasteiger charge is 2.21. The van der Waals surface area contributed by atoms with E-state index in [0.29, 0.717) is 0 Å². The maximum absolute atomic E-state index is 7.50. The van der Waals surface area contributed by atoms with Crippen LogP contribution in [0.4, 0.5) is 0 Å². The molecule has 0 amide bonds. The second-order valence-corrected chi connectivity index (χ2v) is 5.90. The highest BCUT2D eigenvalue weighted by molar-refractivity contribution is 7.09. The van der Waals surface area contributed by atoms with Crippen LogP contribution < -0.4 is 5.73 Å². The number of thiophene rings is 1. The molecule has 0 aliphatic rings. The third-order valence-electron chi connectivity index (χ3n) is 2.85. The summed E-state index contributed by atoms with van der Waals surface area (Å²) in [4.78, 5) is 3.65. The van der Waals surface area contributed by atoms with E-state index in [1.165, 1.54) is 4.88 Å². The van der Waals surface area contributed by atoms with E-state index in [0.717, 1.165) is 19.5 Å². The van der Waals surface area contributed by atoms with Gasteiger partial charge in [0.05, 0.1) is 5.84 Å². The Balaban J connectivity index is 2.35. The summed E-state index contributed by atoms with van der Waals surface area (Å²) >= 11 is 1.78. The Morgan fingerprint density at radius 3 is 2.75 bits per heavy atom. The molecule has 0 aromatic carbocycles. The van der Waals surface area contributed by atoms with E-state index in [9.17, 15) is 0 Å². The maximum Gasteiger partial charge on any atom is 0.0963 e. The zero-order valence-corrected chi connectivity index (χ0v) is 11.1. The van der Waals surface area contributed by atoms with Crippen molar-refractivity contribution >= 4 is 17.2 Å². The van der Waals surface area contributed by atoms with Gasteiger partial charge in [0.25, 0.3) is 0 Å². The monoisotopic (exact) mass is 239 g/mol. The predicted octanol–water partition coefficient (Wildman–Crippen LogP) is 2.53. The smallest absolute Gasteiger partial charge is 0.0963 e. The normalized spacial score (nSPS) is 12.0. The van der Waals surface area contributed by atoms with Crippen LogP contribution in [0.2, 0.25) is 0 Å². The zero-order chi connectivity index (χ0) is 12.2. The van der Waals surface area contributed by atoms with Gasteiger partial charge in [0.2, 0.25) is 0 Å². The first-order chi connectivity index (χ1) is 7.42. The van der Waals surface area contributed by atoms with Gasteiger partial charge in [-0.1, -0.05) is 19.9 Å². The summed E-state index contributed by atoms with van der Waals surface area (Å²) < 4.78 is 0. The molecule has 0 atom stereocenters. The Bertz CT molecular complexity index is 330. The van der Waals surface area contributed by atoms with Crippen molar-refractivity contribution in [1.82, 2.24) is 4.90 Å². The average molecular weight is 239 g/mol. The molecule has 1 aromatic rings. The van der Waals surface area contributed by atoms with E-state index < -0.39 is 0 Å². The van der Waals surface area contributed by atoms with Crippen molar-refractivity contribution in [3.05, 3.63) is 22.4 Å². The largest absolute Gasteiger partial charge is 0.387 e. The van der Waals surface area contributed by atoms with E-state index in [2.05, 4.69) is 29.5 Å². The lowest BCUT2D eigenvalue weighted by Crippen LogP contribution is -2.34. The van der Waals surface area contributed by atoms with Gasteiger partial charge in [-0.05, 0) is 31.5 Å². The lowest BCUT2D eigenvalue weighted by Gasteiger charge is -2.26. The molecule has 3 N–H and O–H groups in total. The number of hydrogen-bond acceptors (Lipinski definition) is 3. The SMILES string of the molecule is CN(CCC(C)(C)C(=N)N)Cc1cccs1. The number of hydrogen-bond donors (Lipinski definition) is 2. The van der Waals surface area contributed by atoms with Gasteiger partial charge in [0.15, 0.2) is 0 Å². The molecule has 16 heavy (non-hydrogen) atoms. The second-order valence-electron chi connectivity index (χ2n) is 4.86. The summed E-state index contributed by atoms with van der Waals surface area (Å²) in [5.41, 5.74) is 5.37. The molecule has 1 heterocycles. The van der Waals surface area contributed by atoms with Crippen LogP contribution in [0.5, 0.6) is 0 Å². The van der Waals surface area contributed by atoms with Gasteiger partial charge in [-0.25, -0.2) is 0 Å². The van der Waals surface area contributed by atoms with Gasteiger partial charge in [0.1, 0.15) is 0 Å². The molecule has 4 heteroatoms. The van der Waals surface area contributed by atoms with Crippen molar-refractivity contribution in [2.24, 2.45) is 11.1 Å². The molecule has 0 unspecified atom stereocenters. The van der Waals surface area contributed by atoms with Crippen LogP contribution in [-0.2, 0) is 6.54 Å². The zero-order valence-electron chi connectivity index (χ0n) is 10.3. The third kappa shape index (κ3) is 3.94. The first-order valence-corrected chi connectivity index (χ1v) is 6.35. The fourth-order valence-corrected chi connectivity index (χ4v) is 2.14. The van der Waals surface area contributed by atoms with E-state index in [-0.39, 0.29) is 11.3 Å². The molecule has 90 valence electrons. The van der Waals surface area contributed by atoms with Crippen molar-refractivity contribution in [2.75, 3.05) is 13.6 Å². The number of nitrogens with zero attached hydrogens (tertiary/aromatic N) is 1. The van der Waals surface area contributed by atoms with Crippen molar-refractivity contribution < 1.29 is 0 Å². The Morgan fingerprint density at radius 1 is 1.56 bits per heavy atom. The van der Waals surface area contributed by atoms with Crippen molar-refractivity contribution in [3.63, 3.8) is 0 Å². The molecule has 0 bridgehead atoms. The molecular formula is C12H21N3S. The van der Waals surface area contributed by atoms with Crippen LogP contribution in [0, 0.1) is 10.8 Å². The van der Waals surface area contributed by atoms with E-state index in [1.807, 2.05) is 13.8 Å². The van der Waals surface area contributed by atoms with Gasteiger partial charge < -0.3 is 10.6 Å². The molecule has 0 aliphatic heterocycles. The highest BCUT2D eigenvalue weighted by atomic mass is 32.1. The Morgan fingerprint density at radius 2 is 2.25 bits per heavy atom. The van der Waals surface area contributed by atoms with Crippen LogP contribution >= 0.6 is 11.3 Å². The fraction of sp³-hybridized carbons (Fsp3) is 0.583. The molecule has 1 aromatic heterocycles. The van der Waals surface area contributed by atoms with Crippen LogP contribution in [0.3, 0.4) is 0 Å². The summed E-state index contributed by atoms with van der Waals surface area (Å²) in [6.07, 6.45) is 0.921. The Labute approximate surface area is 102 Å². The Hall–Kier alpha value is -0.870. The quantitative estimate of drug-likeness (QED) is 0.592. The summed E-state index contributed by atoms with van der Waals surface area (Å²) in [6, 6.07) is 4.23. The van der Waals surface area contributed by atoms with Gasteiger partial charge in [-0.15, -0.1) is 11.3 Å². The minimum Gasteiger partial charge on any atom is -0.387 e. The van der Waals surface area contributed by atoms with Gasteiger partial charge in [-0.3, -0.25) is 5.41 Å². The van der Waals surface area contributed by atoms with Gasteiger partial charge in [-0.2, -0.15) is 0 Å². The van der Waals surface area contributed by atoms with Crippen molar-refractivity contribution in [1.29, 1.82) is 5.41 Å². The highest BCUT2D eigenvalue weighted by Crippen LogP contribution is 2.20. The molecule has 0 saturated heterocycles. The van der Waals surface area contributed by atoms with Crippen LogP contribution in [0.15, 0.2) is 17.5 Å². The first kappa shape index (κ1) is 13.2. The number of amidine groups is 1. The molecule has 0 spiro atoms. The second kappa shape index (κ2) is 5.46. The number of nitrogens with two attached hydrogens (primary N) is 1. The topological polar surface area (TPSA) is 53.1 Å². The minimum atomic E-state index is -0.191. The van der Waals surface area contributed by atoms with E-state index in [4.69, 9.17) is 11.1 Å². The van der Waals surface area contributed by atoms with E-state index >= 15 is 0 Å². The fourth-order valence-electron chi connectivity index (χ4n) is 1.35. The van der Waals surface area contributed by atoms with Gasteiger partial charge >= 0.3 is 0 Å². The summed E-state index contributed by atoms with van der Waals surface area (Å²) in [6.45, 7) is 5.98. The first-order valence-electron chi connectivity index (χ1n) is 5.47. The van der Waals surface area contributed by atoms with Crippen LogP contribution in [0.1, 0.15) is 25.1 Å². The number of nitrogens with one attached hydrogen (secondary N) is 1. The minimum absolute atomic E-state index is 0.191. The molecular weight excluding hydrogens is 218 g/mol. The van der Waals surface area contributed by atoms with Gasteiger partial charge in [0, 0.05) is 16.8 Å². The molecule has 0 radical (unpaired) electrons. The molecule has 0 aliphatic carbocycles. The van der Waals surface area contributed by atoms with Crippen molar-refractivity contribution in [2.45, 2.75) is 26.8 Å². The third-order valence-corrected chi connectivity index (χ3v) is 3.71. The number of rotatable bonds is 6. The summed E-state index contributed by atoms with van der Waals surface area (Å²) in [7, 11) is 2.11. The molecule has 0 fully saturated rings. The lowest BCUT2D eigenvalue weighted by molar-refractivity contribution is 0.286. The Kier molecular flexibility index (Phi) is 4.50. The summed E-state index contributed by atoms with van der Waals surface area (Å²) in [5, 5.41) is 9.60. The van der Waals surface area contributed by atoms with Crippen LogP contribution in [-0.4, -0.2) is 24.3 Å². The molecule has 1 rings (SSSR count). The molecule has 3 nitrogen and oxygen atoms in total. The standard InChI is InChI=1S/C12H21N3S/c1-12(2,11(13)14)6-7-15(3)9-10-5-4-8-16-10/h4-5,8H,6-7,9H2,1-3H3,(H3,13,14). The van der Waals surface area contributed by atoms with E-state index in [1.54, 1.807) is 11.3 Å². The van der Waals surface area contributed by atoms with Crippen molar-refractivity contribution in [3.8, 4) is 0 Å².